The van der Waals surface area contributed by atoms with Gasteiger partial charge in [-0.15, -0.1) is 0 Å². The number of hydrogen-bond donors (Lipinski definition) is 0. The molecule has 0 fully saturated rings. The number of carbonyl (C=O) groups excluding carboxylic acids is 1. The predicted molar refractivity (Wildman–Crippen MR) is 199 cm³/mol. The number of allylic oxidation sites excluding steroid dienone is 1. The molecule has 7 rings (SSSR count). The van der Waals surface area contributed by atoms with Gasteiger partial charge in [-0.3, -0.25) is 9.36 Å². The minimum absolute atomic E-state index is 0.236. The van der Waals surface area contributed by atoms with Crippen molar-refractivity contribution in [1.29, 1.82) is 0 Å². The van der Waals surface area contributed by atoms with E-state index in [1.807, 2.05) is 80.6 Å². The normalized spacial score (nSPS) is 14.4. The Kier molecular flexibility index (Phi) is 8.95. The van der Waals surface area contributed by atoms with Gasteiger partial charge in [0, 0.05) is 11.3 Å². The molecule has 0 N–H and O–H groups in total. The van der Waals surface area contributed by atoms with E-state index in [0.717, 1.165) is 39.3 Å². The second kappa shape index (κ2) is 13.6. The zero-order valence-corrected chi connectivity index (χ0v) is 29.4. The summed E-state index contributed by atoms with van der Waals surface area (Å²) in [5, 5.41) is 0. The molecule has 0 amide bonds. The lowest BCUT2D eigenvalue weighted by Gasteiger charge is -2.25. The number of rotatable bonds is 8. The Bertz CT molecular complexity index is 2400. The first-order chi connectivity index (χ1) is 24.2. The summed E-state index contributed by atoms with van der Waals surface area (Å²) in [5.74, 6) is 0.180. The molecule has 4 aromatic carbocycles. The van der Waals surface area contributed by atoms with Gasteiger partial charge in [0.1, 0.15) is 5.75 Å². The van der Waals surface area contributed by atoms with Gasteiger partial charge < -0.3 is 14.0 Å². The van der Waals surface area contributed by atoms with Crippen LogP contribution in [0.15, 0.2) is 136 Å². The maximum absolute atomic E-state index is 14.6. The van der Waals surface area contributed by atoms with Crippen LogP contribution in [0.3, 0.4) is 0 Å². The van der Waals surface area contributed by atoms with Crippen LogP contribution in [0.2, 0.25) is 0 Å². The molecular formula is C42H37N3O4S. The van der Waals surface area contributed by atoms with Gasteiger partial charge >= 0.3 is 5.97 Å². The Hall–Kier alpha value is -5.73. The number of aryl methyl sites for hydroxylation is 1. The van der Waals surface area contributed by atoms with E-state index in [0.29, 0.717) is 26.4 Å². The van der Waals surface area contributed by atoms with Gasteiger partial charge in [-0.25, -0.2) is 9.79 Å². The first-order valence-electron chi connectivity index (χ1n) is 16.5. The summed E-state index contributed by atoms with van der Waals surface area (Å²) in [5.41, 5.74) is 8.47. The van der Waals surface area contributed by atoms with E-state index in [4.69, 9.17) is 14.5 Å². The minimum atomic E-state index is -0.726. The van der Waals surface area contributed by atoms with Crippen LogP contribution >= 0.6 is 11.3 Å². The molecule has 7 nitrogen and oxygen atoms in total. The van der Waals surface area contributed by atoms with Gasteiger partial charge in [0.15, 0.2) is 4.80 Å². The molecule has 250 valence electrons. The van der Waals surface area contributed by atoms with Gasteiger partial charge in [-0.1, -0.05) is 102 Å². The third-order valence-electron chi connectivity index (χ3n) is 8.74. The van der Waals surface area contributed by atoms with E-state index in [1.54, 1.807) is 18.6 Å². The Labute approximate surface area is 294 Å². The second-order valence-corrected chi connectivity index (χ2v) is 13.6. The topological polar surface area (TPSA) is 74.8 Å². The average molecular weight is 680 g/mol. The lowest BCUT2D eigenvalue weighted by atomic mass is 9.96. The third kappa shape index (κ3) is 6.14. The van der Waals surface area contributed by atoms with Crippen molar-refractivity contribution in [3.8, 4) is 34.0 Å². The molecule has 0 radical (unpaired) electrons. The maximum Gasteiger partial charge on any atom is 0.338 e. The first kappa shape index (κ1) is 32.8. The molecule has 1 aliphatic rings. The Morgan fingerprint density at radius 3 is 2.12 bits per heavy atom. The molecule has 0 unspecified atom stereocenters. The Morgan fingerprint density at radius 1 is 0.860 bits per heavy atom. The van der Waals surface area contributed by atoms with Gasteiger partial charge in [0.25, 0.3) is 5.56 Å². The van der Waals surface area contributed by atoms with E-state index < -0.39 is 12.0 Å². The number of esters is 1. The summed E-state index contributed by atoms with van der Waals surface area (Å²) in [7, 11) is 1.60. The number of methoxy groups -OCH3 is 1. The predicted octanol–water partition coefficient (Wildman–Crippen LogP) is 7.63. The molecule has 0 saturated heterocycles. The van der Waals surface area contributed by atoms with Crippen LogP contribution in [0, 0.1) is 6.92 Å². The summed E-state index contributed by atoms with van der Waals surface area (Å²) in [6.07, 6.45) is 1.62. The number of fused-ring (bicyclic) bond motifs is 1. The van der Waals surface area contributed by atoms with E-state index in [1.165, 1.54) is 16.9 Å². The van der Waals surface area contributed by atoms with Crippen LogP contribution in [-0.2, 0) is 9.53 Å². The van der Waals surface area contributed by atoms with Crippen LogP contribution in [0.1, 0.15) is 43.5 Å². The summed E-state index contributed by atoms with van der Waals surface area (Å²) >= 11 is 1.31. The Morgan fingerprint density at radius 2 is 1.50 bits per heavy atom. The van der Waals surface area contributed by atoms with Crippen molar-refractivity contribution < 1.29 is 14.3 Å². The summed E-state index contributed by atoms with van der Waals surface area (Å²) in [6, 6.07) is 37.8. The summed E-state index contributed by atoms with van der Waals surface area (Å²) < 4.78 is 15.5. The minimum Gasteiger partial charge on any atom is -0.497 e. The average Bonchev–Trinajstić information content (AvgIpc) is 3.65. The number of thiazole rings is 1. The van der Waals surface area contributed by atoms with Crippen molar-refractivity contribution in [2.24, 2.45) is 4.99 Å². The van der Waals surface area contributed by atoms with Crippen LogP contribution < -0.4 is 19.6 Å². The van der Waals surface area contributed by atoms with Crippen molar-refractivity contribution in [3.63, 3.8) is 0 Å². The molecule has 50 heavy (non-hydrogen) atoms. The number of hydrogen-bond acceptors (Lipinski definition) is 6. The van der Waals surface area contributed by atoms with Crippen molar-refractivity contribution in [2.45, 2.75) is 39.8 Å². The van der Waals surface area contributed by atoms with E-state index in [2.05, 4.69) is 66.1 Å². The molecule has 6 aromatic rings. The lowest BCUT2D eigenvalue weighted by Crippen LogP contribution is -2.40. The molecule has 0 aliphatic carbocycles. The molecule has 8 heteroatoms. The molecular weight excluding hydrogens is 643 g/mol. The van der Waals surface area contributed by atoms with E-state index >= 15 is 0 Å². The molecule has 0 bridgehead atoms. The highest BCUT2D eigenvalue weighted by Gasteiger charge is 2.34. The molecule has 0 saturated carbocycles. The van der Waals surface area contributed by atoms with Gasteiger partial charge in [0.2, 0.25) is 0 Å². The number of aromatic nitrogens is 2. The highest BCUT2D eigenvalue weighted by atomic mass is 32.1. The lowest BCUT2D eigenvalue weighted by molar-refractivity contribution is -0.143. The Balaban J connectivity index is 1.49. The summed E-state index contributed by atoms with van der Waals surface area (Å²) in [4.78, 5) is 33.5. The van der Waals surface area contributed by atoms with Crippen molar-refractivity contribution in [3.05, 3.63) is 163 Å². The smallest absolute Gasteiger partial charge is 0.338 e. The molecule has 1 aliphatic heterocycles. The fraction of sp³-hybridized carbons (Fsp3) is 0.167. The largest absolute Gasteiger partial charge is 0.497 e. The quantitative estimate of drug-likeness (QED) is 0.155. The van der Waals surface area contributed by atoms with Crippen LogP contribution in [0.5, 0.6) is 5.75 Å². The standard InChI is InChI=1S/C42H37N3O4S/c1-26(2)49-41(47)37-28(4)43-42-45(39(37)31-18-22-34(48-5)23-19-31)40(46)36(50-42)25-32-24-35(29-12-8-6-9-13-29)44(33-20-16-27(3)17-21-33)38(32)30-14-10-7-11-15-30/h6-26,39H,1-5H3/b36-25+/t39-/m0/s1. The molecule has 3 heterocycles. The van der Waals surface area contributed by atoms with Gasteiger partial charge in [-0.2, -0.15) is 0 Å². The third-order valence-corrected chi connectivity index (χ3v) is 9.72. The van der Waals surface area contributed by atoms with Crippen molar-refractivity contribution >= 4 is 23.4 Å². The number of ether oxygens (including phenoxy) is 2. The summed E-state index contributed by atoms with van der Waals surface area (Å²) in [6.45, 7) is 7.49. The molecule has 0 spiro atoms. The van der Waals surface area contributed by atoms with E-state index in [-0.39, 0.29) is 11.7 Å². The zero-order chi connectivity index (χ0) is 34.9. The van der Waals surface area contributed by atoms with Crippen LogP contribution in [0.4, 0.5) is 0 Å². The van der Waals surface area contributed by atoms with E-state index in [9.17, 15) is 9.59 Å². The number of benzene rings is 4. The van der Waals surface area contributed by atoms with Crippen molar-refractivity contribution in [1.82, 2.24) is 9.13 Å². The zero-order valence-electron chi connectivity index (χ0n) is 28.6. The van der Waals surface area contributed by atoms with Crippen LogP contribution in [-0.4, -0.2) is 28.3 Å². The molecule has 2 aromatic heterocycles. The van der Waals surface area contributed by atoms with Gasteiger partial charge in [0.05, 0.1) is 46.4 Å². The number of carbonyl (C=O) groups is 1. The maximum atomic E-state index is 14.6. The SMILES string of the molecule is COc1ccc([C@H]2C(C(=O)OC(C)C)=C(C)N=c3s/c(=C/c4cc(-c5ccccc5)n(-c5ccc(C)cc5)c4-c4ccccc4)c(=O)n32)cc1. The fourth-order valence-electron chi connectivity index (χ4n) is 6.42. The highest BCUT2D eigenvalue weighted by molar-refractivity contribution is 7.07. The highest BCUT2D eigenvalue weighted by Crippen LogP contribution is 2.37. The number of nitrogens with zero attached hydrogens (tertiary/aromatic N) is 3. The second-order valence-electron chi connectivity index (χ2n) is 12.5. The molecule has 1 atom stereocenters. The van der Waals surface area contributed by atoms with Gasteiger partial charge in [-0.05, 0) is 80.8 Å². The fourth-order valence-corrected chi connectivity index (χ4v) is 7.46. The van der Waals surface area contributed by atoms with Crippen molar-refractivity contribution in [2.75, 3.05) is 7.11 Å². The monoisotopic (exact) mass is 679 g/mol. The first-order valence-corrected chi connectivity index (χ1v) is 17.4. The van der Waals surface area contributed by atoms with Crippen LogP contribution in [0.25, 0.3) is 34.3 Å².